The monoisotopic (exact) mass is 294 g/mol. The Bertz CT molecular complexity index is 527. The van der Waals surface area contributed by atoms with E-state index in [4.69, 9.17) is 5.11 Å². The van der Waals surface area contributed by atoms with Gasteiger partial charge in [0.25, 0.3) is 0 Å². The fourth-order valence-electron chi connectivity index (χ4n) is 3.07. The molecule has 0 saturated heterocycles. The zero-order valence-corrected chi connectivity index (χ0v) is 12.9. The third-order valence-electron chi connectivity index (χ3n) is 4.45. The van der Waals surface area contributed by atoms with Gasteiger partial charge in [-0.1, -0.05) is 0 Å². The average Bonchev–Trinajstić information content (AvgIpc) is 2.32. The highest BCUT2D eigenvalue weighted by Gasteiger charge is 2.39. The van der Waals surface area contributed by atoms with Crippen molar-refractivity contribution in [2.24, 2.45) is 0 Å². The first-order chi connectivity index (χ1) is 9.82. The van der Waals surface area contributed by atoms with Crippen molar-refractivity contribution >= 4 is 5.97 Å². The summed E-state index contributed by atoms with van der Waals surface area (Å²) in [4.78, 5) is 15.4. The molecule has 0 amide bonds. The van der Waals surface area contributed by atoms with E-state index in [9.17, 15) is 9.18 Å². The Hall–Kier alpha value is -1.46. The van der Waals surface area contributed by atoms with Gasteiger partial charge in [-0.05, 0) is 64.2 Å². The molecular formula is C16H23FN2O2. The molecule has 1 fully saturated rings. The molecule has 1 N–H and O–H groups in total. The second kappa shape index (κ2) is 6.12. The van der Waals surface area contributed by atoms with Crippen LogP contribution in [0.4, 0.5) is 4.39 Å². The topological polar surface area (TPSA) is 43.8 Å². The lowest BCUT2D eigenvalue weighted by molar-refractivity contribution is 0.0258. The molecule has 1 aromatic rings. The number of likely N-dealkylation sites (N-methyl/N-ethyl adjacent to an activating group) is 2. The van der Waals surface area contributed by atoms with Crippen LogP contribution in [0, 0.1) is 5.82 Å². The van der Waals surface area contributed by atoms with Crippen LogP contribution in [0.25, 0.3) is 0 Å². The highest BCUT2D eigenvalue weighted by atomic mass is 19.1. The Morgan fingerprint density at radius 2 is 1.95 bits per heavy atom. The summed E-state index contributed by atoms with van der Waals surface area (Å²) in [6.07, 6.45) is 3.59. The molecule has 21 heavy (non-hydrogen) atoms. The van der Waals surface area contributed by atoms with Crippen molar-refractivity contribution in [1.29, 1.82) is 0 Å². The molecule has 1 aliphatic rings. The molecule has 1 aliphatic carbocycles. The summed E-state index contributed by atoms with van der Waals surface area (Å²) in [5, 5.41) is 8.99. The van der Waals surface area contributed by atoms with Crippen molar-refractivity contribution < 1.29 is 14.3 Å². The lowest BCUT2D eigenvalue weighted by Gasteiger charge is -2.49. The van der Waals surface area contributed by atoms with E-state index in [1.54, 1.807) is 6.07 Å². The Labute approximate surface area is 125 Å². The number of rotatable bonds is 6. The van der Waals surface area contributed by atoms with Crippen molar-refractivity contribution in [1.82, 2.24) is 9.80 Å². The fourth-order valence-corrected chi connectivity index (χ4v) is 3.07. The van der Waals surface area contributed by atoms with Gasteiger partial charge in [-0.3, -0.25) is 0 Å². The van der Waals surface area contributed by atoms with Crippen LogP contribution in [0.15, 0.2) is 18.2 Å². The first-order valence-corrected chi connectivity index (χ1v) is 7.21. The van der Waals surface area contributed by atoms with E-state index >= 15 is 0 Å². The van der Waals surface area contributed by atoms with E-state index in [2.05, 4.69) is 23.9 Å². The smallest absolute Gasteiger partial charge is 0.335 e. The quantitative estimate of drug-likeness (QED) is 0.875. The molecule has 0 heterocycles. The van der Waals surface area contributed by atoms with Crippen molar-refractivity contribution in [3.63, 3.8) is 0 Å². The number of carboxylic acid groups (broad SMARTS) is 1. The summed E-state index contributed by atoms with van der Waals surface area (Å²) in [7, 11) is 6.18. The molecule has 0 aromatic heterocycles. The van der Waals surface area contributed by atoms with Crippen LogP contribution < -0.4 is 0 Å². The van der Waals surface area contributed by atoms with E-state index in [1.165, 1.54) is 25.3 Å². The second-order valence-corrected chi connectivity index (χ2v) is 6.30. The van der Waals surface area contributed by atoms with Crippen LogP contribution >= 0.6 is 0 Å². The number of carboxylic acids is 1. The van der Waals surface area contributed by atoms with Crippen LogP contribution in [-0.2, 0) is 6.54 Å². The fraction of sp³-hybridized carbons (Fsp3) is 0.562. The Morgan fingerprint density at radius 1 is 1.29 bits per heavy atom. The normalized spacial score (nSPS) is 17.0. The molecule has 0 radical (unpaired) electrons. The Kier molecular flexibility index (Phi) is 4.64. The summed E-state index contributed by atoms with van der Waals surface area (Å²) >= 11 is 0. The van der Waals surface area contributed by atoms with Gasteiger partial charge >= 0.3 is 5.97 Å². The van der Waals surface area contributed by atoms with E-state index in [-0.39, 0.29) is 11.1 Å². The SMILES string of the molecule is CN(Cc1cc(F)cc(C(=O)O)c1)CC1(N(C)C)CCC1. The molecule has 116 valence electrons. The van der Waals surface area contributed by atoms with Gasteiger partial charge in [-0.2, -0.15) is 0 Å². The first-order valence-electron chi connectivity index (χ1n) is 7.21. The maximum absolute atomic E-state index is 13.5. The standard InChI is InChI=1S/C16H23FN2O2/c1-18(2)16(5-4-6-16)11-19(3)10-12-7-13(15(20)21)9-14(17)8-12/h7-9H,4-6,10-11H2,1-3H3,(H,20,21). The molecule has 0 unspecified atom stereocenters. The van der Waals surface area contributed by atoms with Gasteiger partial charge in [0.2, 0.25) is 0 Å². The third-order valence-corrected chi connectivity index (χ3v) is 4.45. The minimum absolute atomic E-state index is 0.00404. The number of hydrogen-bond donors (Lipinski definition) is 1. The highest BCUT2D eigenvalue weighted by Crippen LogP contribution is 2.36. The molecule has 2 rings (SSSR count). The van der Waals surface area contributed by atoms with Gasteiger partial charge in [0.1, 0.15) is 5.82 Å². The number of aromatic carboxylic acids is 1. The number of benzene rings is 1. The van der Waals surface area contributed by atoms with Gasteiger partial charge in [-0.15, -0.1) is 0 Å². The van der Waals surface area contributed by atoms with Gasteiger partial charge in [0.15, 0.2) is 0 Å². The van der Waals surface area contributed by atoms with E-state index in [0.29, 0.717) is 12.1 Å². The maximum Gasteiger partial charge on any atom is 0.335 e. The van der Waals surface area contributed by atoms with Crippen molar-refractivity contribution in [2.45, 2.75) is 31.3 Å². The van der Waals surface area contributed by atoms with E-state index in [1.807, 2.05) is 7.05 Å². The van der Waals surface area contributed by atoms with Gasteiger partial charge in [-0.25, -0.2) is 9.18 Å². The molecule has 4 nitrogen and oxygen atoms in total. The maximum atomic E-state index is 13.5. The molecule has 0 spiro atoms. The van der Waals surface area contributed by atoms with Crippen LogP contribution in [-0.4, -0.2) is 54.1 Å². The van der Waals surface area contributed by atoms with Gasteiger partial charge < -0.3 is 14.9 Å². The predicted molar refractivity (Wildman–Crippen MR) is 80.0 cm³/mol. The minimum Gasteiger partial charge on any atom is -0.478 e. The summed E-state index contributed by atoms with van der Waals surface area (Å²) in [5.74, 6) is -1.59. The molecule has 5 heteroatoms. The minimum atomic E-state index is -1.10. The highest BCUT2D eigenvalue weighted by molar-refractivity contribution is 5.87. The molecule has 1 saturated carbocycles. The second-order valence-electron chi connectivity index (χ2n) is 6.30. The van der Waals surface area contributed by atoms with Crippen LogP contribution in [0.5, 0.6) is 0 Å². The number of halogens is 1. The first kappa shape index (κ1) is 15.9. The number of carbonyl (C=O) groups is 1. The molecule has 0 bridgehead atoms. The van der Waals surface area contributed by atoms with Crippen LogP contribution in [0.3, 0.4) is 0 Å². The van der Waals surface area contributed by atoms with E-state index < -0.39 is 11.8 Å². The molecular weight excluding hydrogens is 271 g/mol. The molecule has 0 aliphatic heterocycles. The largest absolute Gasteiger partial charge is 0.478 e. The van der Waals surface area contributed by atoms with Gasteiger partial charge in [0, 0.05) is 18.6 Å². The summed E-state index contributed by atoms with van der Waals surface area (Å²) < 4.78 is 13.5. The summed E-state index contributed by atoms with van der Waals surface area (Å²) in [5.41, 5.74) is 0.907. The van der Waals surface area contributed by atoms with Gasteiger partial charge in [0.05, 0.1) is 5.56 Å². The Morgan fingerprint density at radius 3 is 2.43 bits per heavy atom. The Balaban J connectivity index is 2.06. The molecule has 1 aromatic carbocycles. The van der Waals surface area contributed by atoms with Crippen molar-refractivity contribution in [3.05, 3.63) is 35.1 Å². The predicted octanol–water partition coefficient (Wildman–Crippen LogP) is 2.44. The van der Waals surface area contributed by atoms with Crippen molar-refractivity contribution in [2.75, 3.05) is 27.7 Å². The molecule has 0 atom stereocenters. The zero-order valence-electron chi connectivity index (χ0n) is 12.9. The van der Waals surface area contributed by atoms with Crippen molar-refractivity contribution in [3.8, 4) is 0 Å². The van der Waals surface area contributed by atoms with Crippen LogP contribution in [0.1, 0.15) is 35.2 Å². The summed E-state index contributed by atoms with van der Waals surface area (Å²) in [6.45, 7) is 1.45. The van der Waals surface area contributed by atoms with E-state index in [0.717, 1.165) is 12.6 Å². The summed E-state index contributed by atoms with van der Waals surface area (Å²) in [6, 6.07) is 4.01. The lowest BCUT2D eigenvalue weighted by atomic mass is 9.75. The third kappa shape index (κ3) is 3.60. The zero-order chi connectivity index (χ0) is 15.6. The number of hydrogen-bond acceptors (Lipinski definition) is 3. The number of nitrogens with zero attached hydrogens (tertiary/aromatic N) is 2. The van der Waals surface area contributed by atoms with Crippen LogP contribution in [0.2, 0.25) is 0 Å². The average molecular weight is 294 g/mol. The lowest BCUT2D eigenvalue weighted by Crippen LogP contribution is -2.56.